The lowest BCUT2D eigenvalue weighted by molar-refractivity contribution is 0.203. The highest BCUT2D eigenvalue weighted by Crippen LogP contribution is 2.28. The minimum atomic E-state index is 0.304. The van der Waals surface area contributed by atoms with Crippen molar-refractivity contribution in [3.05, 3.63) is 28.8 Å². The fourth-order valence-corrected chi connectivity index (χ4v) is 2.58. The van der Waals surface area contributed by atoms with Gasteiger partial charge < -0.3 is 15.7 Å². The minimum absolute atomic E-state index is 0.304. The molecule has 1 aromatic carbocycles. The molecule has 94 valence electrons. The summed E-state index contributed by atoms with van der Waals surface area (Å²) in [6.45, 7) is 2.79. The van der Waals surface area contributed by atoms with Gasteiger partial charge in [0.1, 0.15) is 0 Å². The van der Waals surface area contributed by atoms with Crippen molar-refractivity contribution < 1.29 is 5.11 Å². The highest BCUT2D eigenvalue weighted by atomic mass is 35.5. The number of rotatable bonds is 3. The smallest absolute Gasteiger partial charge is 0.0460 e. The third-order valence-electron chi connectivity index (χ3n) is 3.47. The lowest BCUT2D eigenvalue weighted by Gasteiger charge is -2.34. The van der Waals surface area contributed by atoms with E-state index in [1.54, 1.807) is 0 Å². The van der Waals surface area contributed by atoms with Crippen LogP contribution in [0.25, 0.3) is 0 Å². The molecule has 17 heavy (non-hydrogen) atoms. The van der Waals surface area contributed by atoms with E-state index in [1.165, 1.54) is 5.69 Å². The predicted octanol–water partition coefficient (Wildman–Crippen LogP) is 2.01. The summed E-state index contributed by atoms with van der Waals surface area (Å²) in [5.41, 5.74) is 8.04. The zero-order valence-electron chi connectivity index (χ0n) is 9.90. The van der Waals surface area contributed by atoms with Crippen LogP contribution in [0.4, 0.5) is 5.69 Å². The van der Waals surface area contributed by atoms with Gasteiger partial charge >= 0.3 is 0 Å². The van der Waals surface area contributed by atoms with Crippen molar-refractivity contribution in [2.24, 2.45) is 11.7 Å². The Labute approximate surface area is 107 Å². The van der Waals surface area contributed by atoms with E-state index in [-0.39, 0.29) is 0 Å². The fraction of sp³-hybridized carbons (Fsp3) is 0.538. The van der Waals surface area contributed by atoms with Crippen LogP contribution in [-0.2, 0) is 6.54 Å². The molecule has 0 radical (unpaired) electrons. The summed E-state index contributed by atoms with van der Waals surface area (Å²) in [4.78, 5) is 2.34. The number of benzene rings is 1. The topological polar surface area (TPSA) is 49.5 Å². The van der Waals surface area contributed by atoms with Gasteiger partial charge in [0.05, 0.1) is 0 Å². The van der Waals surface area contributed by atoms with Crippen LogP contribution < -0.4 is 10.6 Å². The predicted molar refractivity (Wildman–Crippen MR) is 71.4 cm³/mol. The number of aliphatic hydroxyl groups is 1. The molecule has 1 heterocycles. The van der Waals surface area contributed by atoms with Gasteiger partial charge in [0, 0.05) is 37.0 Å². The van der Waals surface area contributed by atoms with E-state index in [9.17, 15) is 0 Å². The Morgan fingerprint density at radius 2 is 2.06 bits per heavy atom. The van der Waals surface area contributed by atoms with Crippen molar-refractivity contribution in [1.82, 2.24) is 0 Å². The maximum atomic E-state index is 9.13. The Bertz CT molecular complexity index is 376. The molecule has 1 fully saturated rings. The Morgan fingerprint density at radius 1 is 1.35 bits per heavy atom. The lowest BCUT2D eigenvalue weighted by atomic mass is 9.97. The summed E-state index contributed by atoms with van der Waals surface area (Å²) in [7, 11) is 0. The number of hydrogen-bond donors (Lipinski definition) is 2. The van der Waals surface area contributed by atoms with Crippen LogP contribution in [0.15, 0.2) is 18.2 Å². The van der Waals surface area contributed by atoms with E-state index in [4.69, 9.17) is 22.4 Å². The number of halogens is 1. The Balaban J connectivity index is 2.12. The van der Waals surface area contributed by atoms with Crippen molar-refractivity contribution in [2.75, 3.05) is 24.6 Å². The van der Waals surface area contributed by atoms with Gasteiger partial charge in [-0.3, -0.25) is 0 Å². The number of aliphatic hydroxyl groups excluding tert-OH is 1. The van der Waals surface area contributed by atoms with Gasteiger partial charge in [-0.15, -0.1) is 0 Å². The van der Waals surface area contributed by atoms with Crippen LogP contribution in [0.2, 0.25) is 5.02 Å². The van der Waals surface area contributed by atoms with Crippen molar-refractivity contribution in [3.8, 4) is 0 Å². The van der Waals surface area contributed by atoms with E-state index in [1.807, 2.05) is 18.2 Å². The Morgan fingerprint density at radius 3 is 2.65 bits per heavy atom. The van der Waals surface area contributed by atoms with Crippen LogP contribution in [0.5, 0.6) is 0 Å². The summed E-state index contributed by atoms with van der Waals surface area (Å²) < 4.78 is 0. The molecule has 3 N–H and O–H groups in total. The Hall–Kier alpha value is -0.770. The van der Waals surface area contributed by atoms with Gasteiger partial charge in [-0.05, 0) is 42.5 Å². The average molecular weight is 255 g/mol. The van der Waals surface area contributed by atoms with Gasteiger partial charge in [0.15, 0.2) is 0 Å². The van der Waals surface area contributed by atoms with E-state index < -0.39 is 0 Å². The summed E-state index contributed by atoms with van der Waals surface area (Å²) in [5.74, 6) is 0.458. The SMILES string of the molecule is NCc1cc(Cl)ccc1N1CCC(CO)CC1. The van der Waals surface area contributed by atoms with Crippen LogP contribution in [0.3, 0.4) is 0 Å². The molecule has 2 rings (SSSR count). The first kappa shape index (κ1) is 12.7. The Kier molecular flexibility index (Phi) is 4.26. The van der Waals surface area contributed by atoms with Gasteiger partial charge in [-0.2, -0.15) is 0 Å². The van der Waals surface area contributed by atoms with Gasteiger partial charge in [-0.1, -0.05) is 11.6 Å². The number of nitrogens with two attached hydrogens (primary N) is 1. The highest BCUT2D eigenvalue weighted by molar-refractivity contribution is 6.30. The maximum Gasteiger partial charge on any atom is 0.0460 e. The monoisotopic (exact) mass is 254 g/mol. The molecule has 3 nitrogen and oxygen atoms in total. The van der Waals surface area contributed by atoms with Crippen LogP contribution in [0.1, 0.15) is 18.4 Å². The highest BCUT2D eigenvalue weighted by Gasteiger charge is 2.20. The average Bonchev–Trinajstić information content (AvgIpc) is 2.39. The third-order valence-corrected chi connectivity index (χ3v) is 3.71. The summed E-state index contributed by atoms with van der Waals surface area (Å²) in [6, 6.07) is 5.90. The molecule has 1 aromatic rings. The van der Waals surface area contributed by atoms with E-state index in [0.29, 0.717) is 19.1 Å². The molecular weight excluding hydrogens is 236 g/mol. The molecule has 1 aliphatic heterocycles. The molecule has 0 spiro atoms. The first-order valence-electron chi connectivity index (χ1n) is 6.09. The fourth-order valence-electron chi connectivity index (χ4n) is 2.38. The summed E-state index contributed by atoms with van der Waals surface area (Å²) in [5, 5.41) is 9.86. The number of nitrogens with zero attached hydrogens (tertiary/aromatic N) is 1. The normalized spacial score (nSPS) is 17.5. The van der Waals surface area contributed by atoms with Crippen LogP contribution in [0, 0.1) is 5.92 Å². The zero-order valence-corrected chi connectivity index (χ0v) is 10.7. The van der Waals surface area contributed by atoms with E-state index in [2.05, 4.69) is 4.90 Å². The second kappa shape index (κ2) is 5.71. The largest absolute Gasteiger partial charge is 0.396 e. The molecule has 1 aliphatic rings. The second-order valence-corrected chi connectivity index (χ2v) is 5.03. The van der Waals surface area contributed by atoms with E-state index >= 15 is 0 Å². The number of piperidine rings is 1. The zero-order chi connectivity index (χ0) is 12.3. The standard InChI is InChI=1S/C13H19ClN2O/c14-12-1-2-13(11(7-12)8-15)16-5-3-10(9-17)4-6-16/h1-2,7,10,17H,3-6,8-9,15H2. The molecule has 0 saturated carbocycles. The molecule has 0 bridgehead atoms. The molecule has 0 amide bonds. The minimum Gasteiger partial charge on any atom is -0.396 e. The first-order valence-corrected chi connectivity index (χ1v) is 6.46. The van der Waals surface area contributed by atoms with E-state index in [0.717, 1.165) is 36.5 Å². The first-order chi connectivity index (χ1) is 8.24. The van der Waals surface area contributed by atoms with Crippen molar-refractivity contribution in [1.29, 1.82) is 0 Å². The molecular formula is C13H19ClN2O. The molecule has 0 aromatic heterocycles. The van der Waals surface area contributed by atoms with Crippen molar-refractivity contribution in [3.63, 3.8) is 0 Å². The van der Waals surface area contributed by atoms with Crippen LogP contribution in [-0.4, -0.2) is 24.8 Å². The van der Waals surface area contributed by atoms with Crippen molar-refractivity contribution >= 4 is 17.3 Å². The van der Waals surface area contributed by atoms with Gasteiger partial charge in [0.25, 0.3) is 0 Å². The second-order valence-electron chi connectivity index (χ2n) is 4.59. The molecule has 0 atom stereocenters. The molecule has 0 aliphatic carbocycles. The molecule has 0 unspecified atom stereocenters. The summed E-state index contributed by atoms with van der Waals surface area (Å²) >= 11 is 5.97. The molecule has 1 saturated heterocycles. The van der Waals surface area contributed by atoms with Gasteiger partial charge in [-0.25, -0.2) is 0 Å². The quantitative estimate of drug-likeness (QED) is 0.868. The molecule has 4 heteroatoms. The lowest BCUT2D eigenvalue weighted by Crippen LogP contribution is -2.35. The van der Waals surface area contributed by atoms with Gasteiger partial charge in [0.2, 0.25) is 0 Å². The number of anilines is 1. The van der Waals surface area contributed by atoms with Crippen LogP contribution >= 0.6 is 11.6 Å². The maximum absolute atomic E-state index is 9.13. The summed E-state index contributed by atoms with van der Waals surface area (Å²) in [6.07, 6.45) is 2.09. The van der Waals surface area contributed by atoms with Crippen molar-refractivity contribution in [2.45, 2.75) is 19.4 Å². The number of hydrogen-bond acceptors (Lipinski definition) is 3. The third kappa shape index (κ3) is 2.92.